The normalized spacial score (nSPS) is 18.9. The van der Waals surface area contributed by atoms with E-state index in [2.05, 4.69) is 4.74 Å². The first-order valence-corrected chi connectivity index (χ1v) is 5.68. The van der Waals surface area contributed by atoms with Crippen LogP contribution in [0.3, 0.4) is 0 Å². The number of carbonyl (C=O) groups excluding carboxylic acids is 2. The van der Waals surface area contributed by atoms with Crippen LogP contribution in [0, 0.1) is 0 Å². The molecule has 18 heavy (non-hydrogen) atoms. The van der Waals surface area contributed by atoms with Gasteiger partial charge in [0.25, 0.3) is 0 Å². The summed E-state index contributed by atoms with van der Waals surface area (Å²) in [4.78, 5) is 24.9. The third-order valence-corrected chi connectivity index (χ3v) is 3.06. The zero-order chi connectivity index (χ0) is 13.1. The number of carbonyl (C=O) groups is 2. The Labute approximate surface area is 105 Å². The average molecular weight is 249 g/mol. The Bertz CT molecular complexity index is 455. The number of likely N-dealkylation sites (tertiary alicyclic amines) is 1. The van der Waals surface area contributed by atoms with E-state index < -0.39 is 12.1 Å². The van der Waals surface area contributed by atoms with Gasteiger partial charge in [-0.1, -0.05) is 12.1 Å². The third kappa shape index (κ3) is 2.16. The second kappa shape index (κ2) is 5.08. The van der Waals surface area contributed by atoms with Gasteiger partial charge in [-0.25, -0.2) is 4.79 Å². The van der Waals surface area contributed by atoms with Gasteiger partial charge in [-0.3, -0.25) is 9.69 Å². The molecule has 0 spiro atoms. The molecule has 96 valence electrons. The number of Topliss-reactive ketones (excluding diaryl/α,β-unsaturated/α-hetero) is 1. The molecule has 0 bridgehead atoms. The van der Waals surface area contributed by atoms with E-state index in [1.165, 1.54) is 12.0 Å². The van der Waals surface area contributed by atoms with Crippen molar-refractivity contribution in [2.24, 2.45) is 0 Å². The van der Waals surface area contributed by atoms with Crippen molar-refractivity contribution in [1.82, 2.24) is 4.90 Å². The molecule has 1 aliphatic rings. The van der Waals surface area contributed by atoms with Crippen molar-refractivity contribution in [3.05, 3.63) is 29.8 Å². The molecule has 1 aliphatic heterocycles. The van der Waals surface area contributed by atoms with Gasteiger partial charge < -0.3 is 9.47 Å². The number of nitrogens with zero attached hydrogens (tertiary/aromatic N) is 1. The van der Waals surface area contributed by atoms with Crippen LogP contribution in [-0.2, 0) is 9.53 Å². The smallest absolute Gasteiger partial charge is 0.410 e. The molecule has 5 heteroatoms. The fraction of sp³-hybridized carbons (Fsp3) is 0.385. The van der Waals surface area contributed by atoms with Crippen molar-refractivity contribution in [3.8, 4) is 5.75 Å². The highest BCUT2D eigenvalue weighted by molar-refractivity contribution is 5.91. The van der Waals surface area contributed by atoms with E-state index in [0.717, 1.165) is 5.56 Å². The lowest BCUT2D eigenvalue weighted by Gasteiger charge is -2.22. The molecule has 1 heterocycles. The monoisotopic (exact) mass is 249 g/mol. The van der Waals surface area contributed by atoms with Gasteiger partial charge in [-0.15, -0.1) is 0 Å². The van der Waals surface area contributed by atoms with E-state index in [0.29, 0.717) is 18.7 Å². The number of benzene rings is 1. The summed E-state index contributed by atoms with van der Waals surface area (Å²) < 4.78 is 9.75. The maximum atomic E-state index is 11.9. The maximum Gasteiger partial charge on any atom is 0.410 e. The van der Waals surface area contributed by atoms with Gasteiger partial charge in [0.1, 0.15) is 11.8 Å². The van der Waals surface area contributed by atoms with E-state index in [9.17, 15) is 9.59 Å². The first kappa shape index (κ1) is 12.4. The van der Waals surface area contributed by atoms with Crippen molar-refractivity contribution in [2.75, 3.05) is 20.8 Å². The highest BCUT2D eigenvalue weighted by Gasteiger charge is 2.37. The molecule has 1 unspecified atom stereocenters. The second-order valence-electron chi connectivity index (χ2n) is 4.06. The van der Waals surface area contributed by atoms with E-state index in [4.69, 9.17) is 4.74 Å². The molecule has 1 aromatic rings. The number of hydrogen-bond donors (Lipinski definition) is 0. The quantitative estimate of drug-likeness (QED) is 0.801. The first-order chi connectivity index (χ1) is 8.67. The molecule has 2 rings (SSSR count). The largest absolute Gasteiger partial charge is 0.497 e. The summed E-state index contributed by atoms with van der Waals surface area (Å²) in [6, 6.07) is 6.60. The SMILES string of the molecule is COC(=O)N1CCC(=O)C1c1ccc(OC)cc1. The Balaban J connectivity index is 2.27. The highest BCUT2D eigenvalue weighted by atomic mass is 16.5. The van der Waals surface area contributed by atoms with Crippen molar-refractivity contribution in [2.45, 2.75) is 12.5 Å². The summed E-state index contributed by atoms with van der Waals surface area (Å²) in [5.41, 5.74) is 0.781. The molecule has 0 saturated carbocycles. The first-order valence-electron chi connectivity index (χ1n) is 5.68. The predicted octanol–water partition coefficient (Wildman–Crippen LogP) is 1.78. The molecule has 1 fully saturated rings. The van der Waals surface area contributed by atoms with Crippen LogP contribution >= 0.6 is 0 Å². The minimum atomic E-state index is -0.539. The van der Waals surface area contributed by atoms with Crippen LogP contribution in [-0.4, -0.2) is 37.5 Å². The minimum absolute atomic E-state index is 0.0329. The number of ketones is 1. The molecule has 0 radical (unpaired) electrons. The summed E-state index contributed by atoms with van der Waals surface area (Å²) in [5.74, 6) is 0.749. The minimum Gasteiger partial charge on any atom is -0.497 e. The van der Waals surface area contributed by atoms with Crippen LogP contribution in [0.2, 0.25) is 0 Å². The van der Waals surface area contributed by atoms with Crippen LogP contribution in [0.25, 0.3) is 0 Å². The molecule has 0 aromatic heterocycles. The Morgan fingerprint density at radius 2 is 1.94 bits per heavy atom. The molecule has 1 atom stereocenters. The second-order valence-corrected chi connectivity index (χ2v) is 4.06. The topological polar surface area (TPSA) is 55.8 Å². The lowest BCUT2D eigenvalue weighted by atomic mass is 10.0. The molecular weight excluding hydrogens is 234 g/mol. The molecule has 1 saturated heterocycles. The van der Waals surface area contributed by atoms with E-state index in [1.807, 2.05) is 0 Å². The van der Waals surface area contributed by atoms with E-state index in [-0.39, 0.29) is 5.78 Å². The number of ether oxygens (including phenoxy) is 2. The number of amides is 1. The molecule has 0 aliphatic carbocycles. The standard InChI is InChI=1S/C13H15NO4/c1-17-10-5-3-9(4-6-10)12-11(15)7-8-14(12)13(16)18-2/h3-6,12H,7-8H2,1-2H3. The van der Waals surface area contributed by atoms with Gasteiger partial charge in [-0.05, 0) is 17.7 Å². The summed E-state index contributed by atoms with van der Waals surface area (Å²) in [6.07, 6.45) is -0.104. The van der Waals surface area contributed by atoms with E-state index >= 15 is 0 Å². The van der Waals surface area contributed by atoms with Gasteiger partial charge >= 0.3 is 6.09 Å². The Hall–Kier alpha value is -2.04. The van der Waals surface area contributed by atoms with Crippen LogP contribution in [0.4, 0.5) is 4.79 Å². The number of methoxy groups -OCH3 is 2. The lowest BCUT2D eigenvalue weighted by Crippen LogP contribution is -2.32. The predicted molar refractivity (Wildman–Crippen MR) is 64.5 cm³/mol. The van der Waals surface area contributed by atoms with Crippen LogP contribution < -0.4 is 4.74 Å². The molecule has 0 N–H and O–H groups in total. The van der Waals surface area contributed by atoms with Gasteiger partial charge in [0.15, 0.2) is 5.78 Å². The van der Waals surface area contributed by atoms with Crippen LogP contribution in [0.5, 0.6) is 5.75 Å². The fourth-order valence-corrected chi connectivity index (χ4v) is 2.14. The number of hydrogen-bond acceptors (Lipinski definition) is 4. The van der Waals surface area contributed by atoms with Gasteiger partial charge in [-0.2, -0.15) is 0 Å². The van der Waals surface area contributed by atoms with E-state index in [1.54, 1.807) is 31.4 Å². The Morgan fingerprint density at radius 3 is 2.50 bits per heavy atom. The Morgan fingerprint density at radius 1 is 1.28 bits per heavy atom. The molecular formula is C13H15NO4. The maximum absolute atomic E-state index is 11.9. The van der Waals surface area contributed by atoms with Crippen molar-refractivity contribution >= 4 is 11.9 Å². The van der Waals surface area contributed by atoms with Gasteiger partial charge in [0.05, 0.1) is 14.2 Å². The summed E-state index contributed by atoms with van der Waals surface area (Å²) >= 11 is 0. The zero-order valence-electron chi connectivity index (χ0n) is 10.4. The van der Waals surface area contributed by atoms with Crippen molar-refractivity contribution in [3.63, 3.8) is 0 Å². The third-order valence-electron chi connectivity index (χ3n) is 3.06. The number of rotatable bonds is 2. The summed E-state index contributed by atoms with van der Waals surface area (Å²) in [5, 5.41) is 0. The van der Waals surface area contributed by atoms with Crippen LogP contribution in [0.1, 0.15) is 18.0 Å². The Kier molecular flexibility index (Phi) is 3.50. The highest BCUT2D eigenvalue weighted by Crippen LogP contribution is 2.30. The lowest BCUT2D eigenvalue weighted by molar-refractivity contribution is -0.119. The molecule has 1 amide bonds. The van der Waals surface area contributed by atoms with Crippen molar-refractivity contribution < 1.29 is 19.1 Å². The summed E-state index contributed by atoms with van der Waals surface area (Å²) in [7, 11) is 2.90. The summed E-state index contributed by atoms with van der Waals surface area (Å²) in [6.45, 7) is 0.405. The average Bonchev–Trinajstić information content (AvgIpc) is 2.80. The van der Waals surface area contributed by atoms with Crippen LogP contribution in [0.15, 0.2) is 24.3 Å². The molecule has 1 aromatic carbocycles. The van der Waals surface area contributed by atoms with Gasteiger partial charge in [0.2, 0.25) is 0 Å². The zero-order valence-corrected chi connectivity index (χ0v) is 10.4. The van der Waals surface area contributed by atoms with Crippen molar-refractivity contribution in [1.29, 1.82) is 0 Å². The van der Waals surface area contributed by atoms with Gasteiger partial charge in [0, 0.05) is 13.0 Å². The fourth-order valence-electron chi connectivity index (χ4n) is 2.14. The molecule has 5 nitrogen and oxygen atoms in total.